The zero-order valence-electron chi connectivity index (χ0n) is 10.1. The Kier molecular flexibility index (Phi) is 7.13. The van der Waals surface area contributed by atoms with Crippen LogP contribution in [0.5, 0.6) is 0 Å². The van der Waals surface area contributed by atoms with E-state index in [1.165, 1.54) is 0 Å². The number of hydrogen-bond donors (Lipinski definition) is 1. The fourth-order valence-corrected chi connectivity index (χ4v) is 3.35. The van der Waals surface area contributed by atoms with Crippen molar-refractivity contribution in [3.8, 4) is 0 Å². The van der Waals surface area contributed by atoms with Crippen molar-refractivity contribution in [3.05, 3.63) is 0 Å². The molecule has 0 aromatic carbocycles. The standard InChI is InChI=1S/C10H24N2O2S/c1-4-7-12(8-5-6-11)15(13,14)9-10(2)3/h10H,4-9,11H2,1-3H3. The predicted molar refractivity (Wildman–Crippen MR) is 64.2 cm³/mol. The van der Waals surface area contributed by atoms with Crippen molar-refractivity contribution < 1.29 is 8.42 Å². The molecular weight excluding hydrogens is 212 g/mol. The summed E-state index contributed by atoms with van der Waals surface area (Å²) in [5.74, 6) is 0.407. The number of rotatable bonds is 8. The van der Waals surface area contributed by atoms with E-state index in [1.54, 1.807) is 4.31 Å². The van der Waals surface area contributed by atoms with Gasteiger partial charge >= 0.3 is 0 Å². The van der Waals surface area contributed by atoms with Gasteiger partial charge < -0.3 is 5.73 Å². The molecule has 0 aromatic heterocycles. The molecule has 15 heavy (non-hydrogen) atoms. The van der Waals surface area contributed by atoms with Crippen LogP contribution in [-0.4, -0.2) is 38.1 Å². The largest absolute Gasteiger partial charge is 0.330 e. The highest BCUT2D eigenvalue weighted by molar-refractivity contribution is 7.89. The van der Waals surface area contributed by atoms with Gasteiger partial charge in [-0.1, -0.05) is 20.8 Å². The first-order valence-corrected chi connectivity index (χ1v) is 7.22. The minimum atomic E-state index is -3.08. The Balaban J connectivity index is 4.44. The molecule has 0 fully saturated rings. The molecule has 0 aromatic rings. The van der Waals surface area contributed by atoms with Crippen LogP contribution in [0.4, 0.5) is 0 Å². The van der Waals surface area contributed by atoms with Gasteiger partial charge in [0.1, 0.15) is 0 Å². The van der Waals surface area contributed by atoms with Crippen LogP contribution < -0.4 is 5.73 Å². The summed E-state index contributed by atoms with van der Waals surface area (Å²) in [4.78, 5) is 0. The molecule has 0 amide bonds. The van der Waals surface area contributed by atoms with Crippen LogP contribution in [0.3, 0.4) is 0 Å². The molecule has 2 N–H and O–H groups in total. The van der Waals surface area contributed by atoms with Gasteiger partial charge in [0.2, 0.25) is 10.0 Å². The van der Waals surface area contributed by atoms with Crippen LogP contribution in [0.25, 0.3) is 0 Å². The van der Waals surface area contributed by atoms with E-state index in [0.29, 0.717) is 19.6 Å². The van der Waals surface area contributed by atoms with Gasteiger partial charge in [-0.15, -0.1) is 0 Å². The average molecular weight is 236 g/mol. The number of hydrogen-bond acceptors (Lipinski definition) is 3. The number of sulfonamides is 1. The van der Waals surface area contributed by atoms with Crippen LogP contribution in [-0.2, 0) is 10.0 Å². The Morgan fingerprint density at radius 2 is 1.87 bits per heavy atom. The van der Waals surface area contributed by atoms with Crippen LogP contribution in [0, 0.1) is 5.92 Å². The molecule has 0 aliphatic rings. The molecule has 5 heteroatoms. The van der Waals surface area contributed by atoms with Crippen molar-refractivity contribution in [2.45, 2.75) is 33.6 Å². The molecule has 0 saturated heterocycles. The van der Waals surface area contributed by atoms with E-state index in [4.69, 9.17) is 5.73 Å². The quantitative estimate of drug-likeness (QED) is 0.684. The lowest BCUT2D eigenvalue weighted by Gasteiger charge is -2.22. The highest BCUT2D eigenvalue weighted by Crippen LogP contribution is 2.08. The van der Waals surface area contributed by atoms with Crippen molar-refractivity contribution >= 4 is 10.0 Å². The third-order valence-electron chi connectivity index (χ3n) is 2.02. The van der Waals surface area contributed by atoms with Gasteiger partial charge in [-0.3, -0.25) is 0 Å². The molecule has 0 spiro atoms. The first kappa shape index (κ1) is 14.9. The highest BCUT2D eigenvalue weighted by Gasteiger charge is 2.21. The van der Waals surface area contributed by atoms with Gasteiger partial charge in [-0.25, -0.2) is 12.7 Å². The van der Waals surface area contributed by atoms with E-state index in [0.717, 1.165) is 12.8 Å². The molecule has 0 radical (unpaired) electrons. The molecular formula is C10H24N2O2S. The maximum atomic E-state index is 11.9. The van der Waals surface area contributed by atoms with E-state index in [2.05, 4.69) is 0 Å². The third kappa shape index (κ3) is 6.12. The van der Waals surface area contributed by atoms with Gasteiger partial charge in [-0.05, 0) is 25.3 Å². The van der Waals surface area contributed by atoms with Gasteiger partial charge in [0, 0.05) is 13.1 Å². The summed E-state index contributed by atoms with van der Waals surface area (Å²) < 4.78 is 25.4. The molecule has 92 valence electrons. The Bertz CT molecular complexity index is 250. The molecule has 0 aliphatic carbocycles. The van der Waals surface area contributed by atoms with Crippen LogP contribution in [0.15, 0.2) is 0 Å². The molecule has 0 aliphatic heterocycles. The van der Waals surface area contributed by atoms with Gasteiger partial charge in [-0.2, -0.15) is 0 Å². The molecule has 0 atom stereocenters. The lowest BCUT2D eigenvalue weighted by Crippen LogP contribution is -2.36. The second-order valence-electron chi connectivity index (χ2n) is 4.21. The van der Waals surface area contributed by atoms with E-state index in [1.807, 2.05) is 20.8 Å². The van der Waals surface area contributed by atoms with E-state index < -0.39 is 10.0 Å². The SMILES string of the molecule is CCCN(CCCN)S(=O)(=O)CC(C)C. The molecule has 4 nitrogen and oxygen atoms in total. The number of nitrogens with zero attached hydrogens (tertiary/aromatic N) is 1. The Hall–Kier alpha value is -0.130. The summed E-state index contributed by atoms with van der Waals surface area (Å²) in [5, 5.41) is 0. The second-order valence-corrected chi connectivity index (χ2v) is 6.23. The Labute approximate surface area is 93.9 Å². The maximum Gasteiger partial charge on any atom is 0.214 e. The van der Waals surface area contributed by atoms with Crippen molar-refractivity contribution in [1.82, 2.24) is 4.31 Å². The summed E-state index contributed by atoms with van der Waals surface area (Å²) >= 11 is 0. The number of nitrogens with two attached hydrogens (primary N) is 1. The van der Waals surface area contributed by atoms with Crippen LogP contribution in [0.2, 0.25) is 0 Å². The van der Waals surface area contributed by atoms with Gasteiger partial charge in [0.25, 0.3) is 0 Å². The van der Waals surface area contributed by atoms with Crippen molar-refractivity contribution in [2.24, 2.45) is 11.7 Å². The van der Waals surface area contributed by atoms with Gasteiger partial charge in [0.15, 0.2) is 0 Å². The van der Waals surface area contributed by atoms with Crippen LogP contribution >= 0.6 is 0 Å². The van der Waals surface area contributed by atoms with E-state index in [9.17, 15) is 8.42 Å². The first-order chi connectivity index (χ1) is 6.94. The fourth-order valence-electron chi connectivity index (χ4n) is 1.43. The third-order valence-corrected chi connectivity index (χ3v) is 4.26. The summed E-state index contributed by atoms with van der Waals surface area (Å²) in [7, 11) is -3.08. The normalized spacial score (nSPS) is 12.7. The minimum Gasteiger partial charge on any atom is -0.330 e. The summed E-state index contributed by atoms with van der Waals surface area (Å²) in [6.07, 6.45) is 1.58. The lowest BCUT2D eigenvalue weighted by molar-refractivity contribution is 0.402. The zero-order valence-corrected chi connectivity index (χ0v) is 10.9. The van der Waals surface area contributed by atoms with Crippen LogP contribution in [0.1, 0.15) is 33.6 Å². The Morgan fingerprint density at radius 1 is 1.27 bits per heavy atom. The summed E-state index contributed by atoms with van der Waals surface area (Å²) in [5.41, 5.74) is 5.40. The van der Waals surface area contributed by atoms with Crippen molar-refractivity contribution in [1.29, 1.82) is 0 Å². The van der Waals surface area contributed by atoms with Crippen molar-refractivity contribution in [3.63, 3.8) is 0 Å². The molecule has 0 unspecified atom stereocenters. The lowest BCUT2D eigenvalue weighted by atomic mass is 10.3. The smallest absolute Gasteiger partial charge is 0.214 e. The Morgan fingerprint density at radius 3 is 2.27 bits per heavy atom. The van der Waals surface area contributed by atoms with E-state index in [-0.39, 0.29) is 11.7 Å². The molecule has 0 bridgehead atoms. The summed E-state index contributed by atoms with van der Waals surface area (Å²) in [6.45, 7) is 7.53. The fraction of sp³-hybridized carbons (Fsp3) is 1.00. The second kappa shape index (κ2) is 7.19. The molecule has 0 rings (SSSR count). The topological polar surface area (TPSA) is 63.4 Å². The monoisotopic (exact) mass is 236 g/mol. The minimum absolute atomic E-state index is 0.173. The first-order valence-electron chi connectivity index (χ1n) is 5.62. The summed E-state index contributed by atoms with van der Waals surface area (Å²) in [6, 6.07) is 0. The zero-order chi connectivity index (χ0) is 11.9. The van der Waals surface area contributed by atoms with E-state index >= 15 is 0 Å². The molecule has 0 heterocycles. The predicted octanol–water partition coefficient (Wildman–Crippen LogP) is 1.03. The average Bonchev–Trinajstić information content (AvgIpc) is 2.09. The maximum absolute atomic E-state index is 11.9. The molecule has 0 saturated carbocycles. The van der Waals surface area contributed by atoms with Gasteiger partial charge in [0.05, 0.1) is 5.75 Å². The van der Waals surface area contributed by atoms with Crippen molar-refractivity contribution in [2.75, 3.05) is 25.4 Å². The highest BCUT2D eigenvalue weighted by atomic mass is 32.2.